The second-order valence-corrected chi connectivity index (χ2v) is 10.9. The second-order valence-electron chi connectivity index (χ2n) is 10.9. The summed E-state index contributed by atoms with van der Waals surface area (Å²) >= 11 is 0. The maximum Gasteiger partial charge on any atom is 0.258 e. The Hall–Kier alpha value is -3.22. The minimum atomic E-state index is -0.0676. The molecule has 0 spiro atoms. The smallest absolute Gasteiger partial charge is 0.258 e. The van der Waals surface area contributed by atoms with E-state index in [0.717, 1.165) is 60.9 Å². The Kier molecular flexibility index (Phi) is 9.27. The molecule has 1 N–H and O–H groups in total. The quantitative estimate of drug-likeness (QED) is 0.332. The first kappa shape index (κ1) is 27.4. The summed E-state index contributed by atoms with van der Waals surface area (Å²) in [6.07, 6.45) is 10.0. The molecule has 39 heavy (non-hydrogen) atoms. The van der Waals surface area contributed by atoms with E-state index in [2.05, 4.69) is 63.9 Å². The minimum absolute atomic E-state index is 0.0676. The molecule has 0 aromatic heterocycles. The number of rotatable bonds is 11. The van der Waals surface area contributed by atoms with E-state index in [0.29, 0.717) is 12.0 Å². The number of unbranched alkanes of at least 4 members (excludes halogenated alkanes) is 2. The van der Waals surface area contributed by atoms with Crippen LogP contribution in [0.1, 0.15) is 57.1 Å². The number of aromatic nitrogens is 1. The van der Waals surface area contributed by atoms with Gasteiger partial charge in [0.05, 0.1) is 17.0 Å². The molecule has 206 valence electrons. The van der Waals surface area contributed by atoms with Crippen LogP contribution in [0.2, 0.25) is 0 Å². The molecule has 1 aromatic carbocycles. The Balaban J connectivity index is 1.27. The lowest BCUT2D eigenvalue weighted by Gasteiger charge is -2.37. The van der Waals surface area contributed by atoms with Gasteiger partial charge in [-0.15, -0.1) is 0 Å². The van der Waals surface area contributed by atoms with Gasteiger partial charge in [0, 0.05) is 62.6 Å². The lowest BCUT2D eigenvalue weighted by atomic mass is 10.0. The molecule has 6 nitrogen and oxygen atoms in total. The van der Waals surface area contributed by atoms with Crippen molar-refractivity contribution in [3.05, 3.63) is 76.1 Å². The predicted octanol–water partition coefficient (Wildman–Crippen LogP) is 6.04. The second kappa shape index (κ2) is 13.2. The number of aliphatic imine (C=N–C) groups is 1. The van der Waals surface area contributed by atoms with Gasteiger partial charge in [0.2, 0.25) is 0 Å². The monoisotopic (exact) mass is 525 g/mol. The van der Waals surface area contributed by atoms with Crippen molar-refractivity contribution in [3.8, 4) is 11.3 Å². The molecule has 1 fully saturated rings. The highest BCUT2D eigenvalue weighted by atomic mass is 16.1. The van der Waals surface area contributed by atoms with Crippen molar-refractivity contribution in [2.75, 3.05) is 57.3 Å². The fourth-order valence-electron chi connectivity index (χ4n) is 5.69. The molecule has 1 saturated heterocycles. The van der Waals surface area contributed by atoms with Crippen molar-refractivity contribution in [2.24, 2.45) is 4.99 Å². The molecule has 0 saturated carbocycles. The Morgan fingerprint density at radius 2 is 1.69 bits per heavy atom. The van der Waals surface area contributed by atoms with Crippen LogP contribution >= 0.6 is 0 Å². The molecule has 1 aliphatic carbocycles. The normalized spacial score (nSPS) is 16.0. The molecule has 0 atom stereocenters. The van der Waals surface area contributed by atoms with E-state index in [1.807, 2.05) is 30.3 Å². The zero-order chi connectivity index (χ0) is 27.0. The summed E-state index contributed by atoms with van der Waals surface area (Å²) in [4.78, 5) is 28.8. The SMILES string of the molecule is CCCCN(CCCC)CCN1CCN(c2ccc3c(c2)N=C(c2c4cccccc-4[nH]c2=O)CC=C3)CC1. The average Bonchev–Trinajstić information content (AvgIpc) is 3.12. The summed E-state index contributed by atoms with van der Waals surface area (Å²) in [6.45, 7) is 13.6. The zero-order valence-corrected chi connectivity index (χ0v) is 23.7. The molecule has 0 radical (unpaired) electrons. The van der Waals surface area contributed by atoms with Gasteiger partial charge in [-0.3, -0.25) is 14.7 Å². The van der Waals surface area contributed by atoms with E-state index in [1.165, 1.54) is 51.0 Å². The number of fused-ring (bicyclic) bond motifs is 2. The number of H-pyrrole nitrogens is 1. The van der Waals surface area contributed by atoms with Gasteiger partial charge in [-0.2, -0.15) is 0 Å². The van der Waals surface area contributed by atoms with Gasteiger partial charge in [0.1, 0.15) is 0 Å². The standard InChI is InChI=1S/C33H43N5O/c1-3-5-17-36(18-6-4-2)19-20-37-21-23-38(24-22-37)27-16-15-26-11-10-14-30(34-31(26)25-27)32-28-12-8-7-9-13-29(28)35-33(32)39/h7-13,15-16,25H,3-6,14,17-24H2,1-2H3,(H,35,39). The average molecular weight is 526 g/mol. The highest BCUT2D eigenvalue weighted by Crippen LogP contribution is 2.32. The number of nitrogens with zero attached hydrogens (tertiary/aromatic N) is 4. The molecule has 3 aliphatic heterocycles. The Morgan fingerprint density at radius 1 is 0.923 bits per heavy atom. The van der Waals surface area contributed by atoms with E-state index < -0.39 is 0 Å². The van der Waals surface area contributed by atoms with Gasteiger partial charge in [-0.05, 0) is 49.7 Å². The molecule has 4 aliphatic rings. The lowest BCUT2D eigenvalue weighted by molar-refractivity contribution is 0.193. The highest BCUT2D eigenvalue weighted by molar-refractivity contribution is 6.09. The summed E-state index contributed by atoms with van der Waals surface area (Å²) < 4.78 is 0. The van der Waals surface area contributed by atoms with Crippen molar-refractivity contribution in [1.82, 2.24) is 14.8 Å². The first-order chi connectivity index (χ1) is 19.2. The third kappa shape index (κ3) is 6.68. The number of aromatic amines is 1. The van der Waals surface area contributed by atoms with Crippen molar-refractivity contribution < 1.29 is 0 Å². The van der Waals surface area contributed by atoms with Gasteiger partial charge in [-0.25, -0.2) is 0 Å². The van der Waals surface area contributed by atoms with Gasteiger partial charge >= 0.3 is 0 Å². The third-order valence-electron chi connectivity index (χ3n) is 8.08. The summed E-state index contributed by atoms with van der Waals surface area (Å²) in [6, 6.07) is 16.5. The van der Waals surface area contributed by atoms with Crippen LogP contribution in [0.5, 0.6) is 0 Å². The van der Waals surface area contributed by atoms with Crippen LogP contribution in [0.4, 0.5) is 11.4 Å². The molecular formula is C33H43N5O. The first-order valence-corrected chi connectivity index (χ1v) is 14.9. The van der Waals surface area contributed by atoms with Crippen LogP contribution in [-0.2, 0) is 0 Å². The predicted molar refractivity (Wildman–Crippen MR) is 165 cm³/mol. The van der Waals surface area contributed by atoms with Gasteiger partial charge in [0.15, 0.2) is 0 Å². The number of piperazine rings is 1. The van der Waals surface area contributed by atoms with E-state index in [-0.39, 0.29) is 5.56 Å². The van der Waals surface area contributed by atoms with Gasteiger partial charge in [-0.1, -0.05) is 69.2 Å². The summed E-state index contributed by atoms with van der Waals surface area (Å²) in [5, 5.41) is 0. The fraction of sp³-hybridized carbons (Fsp3) is 0.455. The summed E-state index contributed by atoms with van der Waals surface area (Å²) in [5.74, 6) is 0. The largest absolute Gasteiger partial charge is 0.369 e. The first-order valence-electron chi connectivity index (χ1n) is 14.9. The molecule has 6 heteroatoms. The van der Waals surface area contributed by atoms with E-state index in [9.17, 15) is 4.79 Å². The molecule has 1 aromatic rings. The maximum atomic E-state index is 12.9. The van der Waals surface area contributed by atoms with Crippen LogP contribution in [0, 0.1) is 0 Å². The molecule has 0 amide bonds. The van der Waals surface area contributed by atoms with Crippen LogP contribution < -0.4 is 10.5 Å². The highest BCUT2D eigenvalue weighted by Gasteiger charge is 2.22. The summed E-state index contributed by atoms with van der Waals surface area (Å²) in [7, 11) is 0. The lowest BCUT2D eigenvalue weighted by Crippen LogP contribution is -2.48. The number of allylic oxidation sites excluding steroid dienone is 1. The van der Waals surface area contributed by atoms with Crippen molar-refractivity contribution in [3.63, 3.8) is 0 Å². The van der Waals surface area contributed by atoms with Crippen molar-refractivity contribution in [2.45, 2.75) is 46.0 Å². The Morgan fingerprint density at radius 3 is 2.46 bits per heavy atom. The Labute approximate surface area is 233 Å². The van der Waals surface area contributed by atoms with Crippen LogP contribution in [-0.4, -0.2) is 72.9 Å². The summed E-state index contributed by atoms with van der Waals surface area (Å²) in [5.41, 5.74) is 6.47. The molecule has 0 bridgehead atoms. The van der Waals surface area contributed by atoms with Gasteiger partial charge in [0.25, 0.3) is 5.56 Å². The van der Waals surface area contributed by atoms with Crippen molar-refractivity contribution >= 4 is 23.2 Å². The van der Waals surface area contributed by atoms with Crippen LogP contribution in [0.3, 0.4) is 0 Å². The minimum Gasteiger partial charge on any atom is -0.369 e. The molecular weight excluding hydrogens is 482 g/mol. The van der Waals surface area contributed by atoms with Crippen LogP contribution in [0.15, 0.2) is 64.4 Å². The number of benzene rings is 1. The van der Waals surface area contributed by atoms with E-state index >= 15 is 0 Å². The van der Waals surface area contributed by atoms with Crippen molar-refractivity contribution in [1.29, 1.82) is 0 Å². The molecule has 0 unspecified atom stereocenters. The van der Waals surface area contributed by atoms with E-state index in [1.54, 1.807) is 0 Å². The number of anilines is 1. The van der Waals surface area contributed by atoms with E-state index in [4.69, 9.17) is 4.99 Å². The fourth-order valence-corrected chi connectivity index (χ4v) is 5.69. The molecule has 3 heterocycles. The third-order valence-corrected chi connectivity index (χ3v) is 8.08. The maximum absolute atomic E-state index is 12.9. The number of nitrogens with one attached hydrogen (secondary N) is 1. The van der Waals surface area contributed by atoms with Crippen LogP contribution in [0.25, 0.3) is 17.3 Å². The molecule has 5 rings (SSSR count). The Bertz CT molecular complexity index is 1310. The van der Waals surface area contributed by atoms with Gasteiger partial charge < -0.3 is 14.8 Å². The topological polar surface area (TPSA) is 54.9 Å². The number of hydrogen-bond acceptors (Lipinski definition) is 5. The number of hydrogen-bond donors (Lipinski definition) is 1. The zero-order valence-electron chi connectivity index (χ0n) is 23.7.